The lowest BCUT2D eigenvalue weighted by atomic mass is 10.2. The van der Waals surface area contributed by atoms with Gasteiger partial charge in [-0.05, 0) is 18.6 Å². The maximum Gasteiger partial charge on any atom is 0.229 e. The molecule has 1 atom stereocenters. The molecule has 7 heteroatoms. The summed E-state index contributed by atoms with van der Waals surface area (Å²) in [5.74, 6) is 0.811. The summed E-state index contributed by atoms with van der Waals surface area (Å²) < 4.78 is 11.0. The molecule has 0 spiro atoms. The summed E-state index contributed by atoms with van der Waals surface area (Å²) in [6.45, 7) is 6.04. The van der Waals surface area contributed by atoms with Crippen molar-refractivity contribution < 1.29 is 14.3 Å². The highest BCUT2D eigenvalue weighted by atomic mass is 16.5. The van der Waals surface area contributed by atoms with E-state index in [9.17, 15) is 4.79 Å². The monoisotopic (exact) mass is 376 g/mol. The number of para-hydroxylation sites is 1. The smallest absolute Gasteiger partial charge is 0.229 e. The highest BCUT2D eigenvalue weighted by molar-refractivity contribution is 5.97. The molecule has 2 rings (SSSR count). The summed E-state index contributed by atoms with van der Waals surface area (Å²) in [4.78, 5) is 18.3. The van der Waals surface area contributed by atoms with Crippen LogP contribution in [0.2, 0.25) is 0 Å². The van der Waals surface area contributed by atoms with E-state index in [1.165, 1.54) is 0 Å². The molecule has 1 aliphatic rings. The molecule has 1 heterocycles. The first-order valence-corrected chi connectivity index (χ1v) is 9.72. The maximum absolute atomic E-state index is 12.3. The number of unbranched alkanes of at least 4 members (excludes halogenated alkanes) is 1. The molecule has 0 saturated carbocycles. The molecular weight excluding hydrogens is 344 g/mol. The second-order valence-electron chi connectivity index (χ2n) is 6.46. The quantitative estimate of drug-likeness (QED) is 0.350. The van der Waals surface area contributed by atoms with Gasteiger partial charge in [-0.3, -0.25) is 9.79 Å². The lowest BCUT2D eigenvalue weighted by Crippen LogP contribution is -2.45. The summed E-state index contributed by atoms with van der Waals surface area (Å²) in [6.07, 6.45) is 2.70. The van der Waals surface area contributed by atoms with Crippen molar-refractivity contribution >= 4 is 17.6 Å². The van der Waals surface area contributed by atoms with Crippen LogP contribution in [0.5, 0.6) is 0 Å². The number of nitrogens with zero attached hydrogens (tertiary/aromatic N) is 2. The summed E-state index contributed by atoms with van der Waals surface area (Å²) >= 11 is 0. The number of hydrogen-bond donors (Lipinski definition) is 2. The van der Waals surface area contributed by atoms with Gasteiger partial charge in [-0.2, -0.15) is 0 Å². The minimum absolute atomic E-state index is 0.0387. The molecular formula is C20H32N4O3. The molecule has 1 aromatic rings. The van der Waals surface area contributed by atoms with E-state index in [1.807, 2.05) is 35.2 Å². The van der Waals surface area contributed by atoms with Crippen molar-refractivity contribution in [3.05, 3.63) is 30.3 Å². The molecule has 0 bridgehead atoms. The average Bonchev–Trinajstić information content (AvgIpc) is 3.06. The minimum Gasteiger partial charge on any atom is -0.379 e. The Morgan fingerprint density at radius 1 is 1.19 bits per heavy atom. The van der Waals surface area contributed by atoms with Crippen molar-refractivity contribution in [2.45, 2.75) is 32.2 Å². The van der Waals surface area contributed by atoms with Crippen LogP contribution in [0.1, 0.15) is 26.2 Å². The molecule has 2 N–H and O–H groups in total. The summed E-state index contributed by atoms with van der Waals surface area (Å²) in [7, 11) is 1.73. The van der Waals surface area contributed by atoms with E-state index in [2.05, 4.69) is 22.5 Å². The van der Waals surface area contributed by atoms with Crippen molar-refractivity contribution in [1.82, 2.24) is 10.6 Å². The Kier molecular flexibility index (Phi) is 9.65. The number of guanidine groups is 1. The first-order valence-electron chi connectivity index (χ1n) is 9.72. The lowest BCUT2D eigenvalue weighted by molar-refractivity contribution is -0.117. The third-order valence-electron chi connectivity index (χ3n) is 4.31. The van der Waals surface area contributed by atoms with E-state index in [4.69, 9.17) is 9.47 Å². The molecule has 0 aromatic heterocycles. The van der Waals surface area contributed by atoms with Crippen LogP contribution >= 0.6 is 0 Å². The van der Waals surface area contributed by atoms with Gasteiger partial charge in [-0.15, -0.1) is 0 Å². The van der Waals surface area contributed by atoms with Crippen LogP contribution in [0.4, 0.5) is 5.69 Å². The molecule has 1 unspecified atom stereocenters. The van der Waals surface area contributed by atoms with Gasteiger partial charge in [0, 0.05) is 38.9 Å². The van der Waals surface area contributed by atoms with Crippen LogP contribution in [-0.2, 0) is 14.3 Å². The number of hydrogen-bond acceptors (Lipinski definition) is 4. The number of carbonyl (C=O) groups excluding carboxylic acids is 1. The van der Waals surface area contributed by atoms with Crippen LogP contribution in [0.3, 0.4) is 0 Å². The Morgan fingerprint density at radius 2 is 1.93 bits per heavy atom. The number of anilines is 1. The number of aliphatic imine (C=N–C) groups is 1. The van der Waals surface area contributed by atoms with E-state index in [1.54, 1.807) is 7.05 Å². The van der Waals surface area contributed by atoms with Gasteiger partial charge in [0.15, 0.2) is 5.96 Å². The Morgan fingerprint density at radius 3 is 2.63 bits per heavy atom. The molecule has 1 saturated heterocycles. The lowest BCUT2D eigenvalue weighted by Gasteiger charge is -2.19. The molecule has 27 heavy (non-hydrogen) atoms. The van der Waals surface area contributed by atoms with E-state index < -0.39 is 0 Å². The number of carbonyl (C=O) groups is 1. The molecule has 0 radical (unpaired) electrons. The number of benzene rings is 1. The van der Waals surface area contributed by atoms with Gasteiger partial charge in [0.05, 0.1) is 25.9 Å². The molecule has 0 aliphatic carbocycles. The number of ether oxygens (including phenoxy) is 2. The van der Waals surface area contributed by atoms with Crippen molar-refractivity contribution in [2.24, 2.45) is 4.99 Å². The topological polar surface area (TPSA) is 75.2 Å². The van der Waals surface area contributed by atoms with Gasteiger partial charge < -0.3 is 25.0 Å². The Hall–Kier alpha value is -2.12. The molecule has 1 fully saturated rings. The highest BCUT2D eigenvalue weighted by Gasteiger charge is 2.30. The predicted octanol–water partition coefficient (Wildman–Crippen LogP) is 1.79. The van der Waals surface area contributed by atoms with Crippen LogP contribution in [-0.4, -0.2) is 64.5 Å². The largest absolute Gasteiger partial charge is 0.379 e. The molecule has 7 nitrogen and oxygen atoms in total. The van der Waals surface area contributed by atoms with E-state index >= 15 is 0 Å². The van der Waals surface area contributed by atoms with E-state index in [0.717, 1.165) is 25.1 Å². The summed E-state index contributed by atoms with van der Waals surface area (Å²) in [6, 6.07) is 9.78. The standard InChI is InChI=1S/C20H32N4O3/c1-3-4-11-26-13-14-27-12-10-22-20(21-2)23-17-15-19(25)24(16-17)18-8-6-5-7-9-18/h5-9,17H,3-4,10-16H2,1-2H3,(H2,21,22,23). The van der Waals surface area contributed by atoms with Crippen molar-refractivity contribution in [3.63, 3.8) is 0 Å². The van der Waals surface area contributed by atoms with E-state index in [-0.39, 0.29) is 11.9 Å². The second-order valence-corrected chi connectivity index (χ2v) is 6.46. The fraction of sp³-hybridized carbons (Fsp3) is 0.600. The van der Waals surface area contributed by atoms with Crippen molar-refractivity contribution in [2.75, 3.05) is 51.5 Å². The van der Waals surface area contributed by atoms with Crippen LogP contribution in [0.15, 0.2) is 35.3 Å². The number of amides is 1. The normalized spacial score (nSPS) is 17.4. The van der Waals surface area contributed by atoms with Gasteiger partial charge in [0.25, 0.3) is 0 Å². The third-order valence-corrected chi connectivity index (χ3v) is 4.31. The van der Waals surface area contributed by atoms with Crippen LogP contribution in [0.25, 0.3) is 0 Å². The second kappa shape index (κ2) is 12.3. The van der Waals surface area contributed by atoms with Crippen LogP contribution < -0.4 is 15.5 Å². The molecule has 1 aliphatic heterocycles. The van der Waals surface area contributed by atoms with E-state index in [0.29, 0.717) is 45.3 Å². The zero-order valence-corrected chi connectivity index (χ0v) is 16.4. The van der Waals surface area contributed by atoms with Crippen molar-refractivity contribution in [1.29, 1.82) is 0 Å². The first-order chi connectivity index (χ1) is 13.2. The number of rotatable bonds is 11. The van der Waals surface area contributed by atoms with Gasteiger partial charge >= 0.3 is 0 Å². The minimum atomic E-state index is 0.0387. The maximum atomic E-state index is 12.3. The summed E-state index contributed by atoms with van der Waals surface area (Å²) in [5.41, 5.74) is 0.935. The molecule has 150 valence electrons. The Bertz CT molecular complexity index is 580. The zero-order chi connectivity index (χ0) is 19.3. The highest BCUT2D eigenvalue weighted by Crippen LogP contribution is 2.20. The van der Waals surface area contributed by atoms with Gasteiger partial charge in [-0.1, -0.05) is 31.5 Å². The summed E-state index contributed by atoms with van der Waals surface area (Å²) in [5, 5.41) is 6.54. The fourth-order valence-electron chi connectivity index (χ4n) is 2.86. The molecule has 1 amide bonds. The first kappa shape index (κ1) is 21.2. The predicted molar refractivity (Wildman–Crippen MR) is 108 cm³/mol. The third kappa shape index (κ3) is 7.56. The van der Waals surface area contributed by atoms with Crippen LogP contribution in [0, 0.1) is 0 Å². The fourth-order valence-corrected chi connectivity index (χ4v) is 2.86. The van der Waals surface area contributed by atoms with Gasteiger partial charge in [0.2, 0.25) is 5.91 Å². The Balaban J connectivity index is 1.62. The van der Waals surface area contributed by atoms with Gasteiger partial charge in [0.1, 0.15) is 0 Å². The average molecular weight is 377 g/mol. The Labute approximate surface area is 162 Å². The molecule has 1 aromatic carbocycles. The zero-order valence-electron chi connectivity index (χ0n) is 16.4. The van der Waals surface area contributed by atoms with Gasteiger partial charge in [-0.25, -0.2) is 0 Å². The number of nitrogens with one attached hydrogen (secondary N) is 2. The van der Waals surface area contributed by atoms with Crippen molar-refractivity contribution in [3.8, 4) is 0 Å². The SMILES string of the molecule is CCCCOCCOCCNC(=NC)NC1CC(=O)N(c2ccccc2)C1.